The van der Waals surface area contributed by atoms with Gasteiger partial charge >= 0.3 is 0 Å². The molecule has 0 saturated heterocycles. The highest BCUT2D eigenvalue weighted by Crippen LogP contribution is 2.33. The van der Waals surface area contributed by atoms with E-state index in [4.69, 9.17) is 23.2 Å². The summed E-state index contributed by atoms with van der Waals surface area (Å²) in [5, 5.41) is 12.3. The standard InChI is InChI=1S/C9H9Cl2NO2/c1-2-12-9(14)5-3-4-6(10)7(11)8(5)13/h3-4,13H,2H2,1H3,(H,12,14). The van der Waals surface area contributed by atoms with Gasteiger partial charge in [0.2, 0.25) is 0 Å². The summed E-state index contributed by atoms with van der Waals surface area (Å²) in [6.45, 7) is 2.27. The van der Waals surface area contributed by atoms with Gasteiger partial charge in [0.25, 0.3) is 5.91 Å². The Morgan fingerprint density at radius 2 is 2.14 bits per heavy atom. The lowest BCUT2D eigenvalue weighted by molar-refractivity contribution is 0.0953. The fourth-order valence-corrected chi connectivity index (χ4v) is 1.30. The highest BCUT2D eigenvalue weighted by molar-refractivity contribution is 6.43. The minimum atomic E-state index is -0.372. The van der Waals surface area contributed by atoms with Crippen LogP contribution in [0.3, 0.4) is 0 Å². The van der Waals surface area contributed by atoms with Gasteiger partial charge in [-0.1, -0.05) is 23.2 Å². The number of aromatic hydroxyl groups is 1. The smallest absolute Gasteiger partial charge is 0.255 e. The van der Waals surface area contributed by atoms with E-state index in [1.165, 1.54) is 12.1 Å². The average molecular weight is 234 g/mol. The van der Waals surface area contributed by atoms with E-state index in [1.54, 1.807) is 6.92 Å². The average Bonchev–Trinajstić information content (AvgIpc) is 2.15. The number of nitrogens with one attached hydrogen (secondary N) is 1. The maximum Gasteiger partial charge on any atom is 0.255 e. The highest BCUT2D eigenvalue weighted by atomic mass is 35.5. The van der Waals surface area contributed by atoms with E-state index in [0.29, 0.717) is 6.54 Å². The van der Waals surface area contributed by atoms with Crippen molar-refractivity contribution < 1.29 is 9.90 Å². The minimum absolute atomic E-state index is 0.00424. The Labute approximate surface area is 91.6 Å². The number of benzene rings is 1. The molecule has 76 valence electrons. The molecule has 2 N–H and O–H groups in total. The molecule has 1 aromatic carbocycles. The van der Waals surface area contributed by atoms with Crippen LogP contribution >= 0.6 is 23.2 Å². The van der Waals surface area contributed by atoms with Gasteiger partial charge in [0, 0.05) is 6.54 Å². The van der Waals surface area contributed by atoms with Crippen molar-refractivity contribution in [2.45, 2.75) is 6.92 Å². The molecule has 1 rings (SSSR count). The monoisotopic (exact) mass is 233 g/mol. The van der Waals surface area contributed by atoms with E-state index in [0.717, 1.165) is 0 Å². The van der Waals surface area contributed by atoms with Crippen LogP contribution in [0.4, 0.5) is 0 Å². The number of halogens is 2. The zero-order chi connectivity index (χ0) is 10.7. The second kappa shape index (κ2) is 4.53. The maximum atomic E-state index is 11.4. The third-order valence-electron chi connectivity index (χ3n) is 1.65. The molecule has 0 aromatic heterocycles. The van der Waals surface area contributed by atoms with Crippen LogP contribution in [0, 0.1) is 0 Å². The maximum absolute atomic E-state index is 11.4. The van der Waals surface area contributed by atoms with Gasteiger partial charge in [0.1, 0.15) is 10.8 Å². The zero-order valence-electron chi connectivity index (χ0n) is 7.47. The van der Waals surface area contributed by atoms with Crippen molar-refractivity contribution >= 4 is 29.1 Å². The first-order valence-electron chi connectivity index (χ1n) is 4.03. The second-order valence-corrected chi connectivity index (χ2v) is 3.40. The Morgan fingerprint density at radius 3 is 2.71 bits per heavy atom. The molecule has 5 heteroatoms. The first kappa shape index (κ1) is 11.1. The van der Waals surface area contributed by atoms with E-state index in [9.17, 15) is 9.90 Å². The Morgan fingerprint density at radius 1 is 1.50 bits per heavy atom. The van der Waals surface area contributed by atoms with Gasteiger partial charge in [-0.2, -0.15) is 0 Å². The van der Waals surface area contributed by atoms with Gasteiger partial charge in [-0.15, -0.1) is 0 Å². The Hall–Kier alpha value is -0.930. The van der Waals surface area contributed by atoms with Crippen LogP contribution in [0.1, 0.15) is 17.3 Å². The summed E-state index contributed by atoms with van der Waals surface area (Å²) in [6.07, 6.45) is 0. The Kier molecular flexibility index (Phi) is 3.61. The molecule has 3 nitrogen and oxygen atoms in total. The molecular weight excluding hydrogens is 225 g/mol. The number of rotatable bonds is 2. The first-order chi connectivity index (χ1) is 6.57. The Balaban J connectivity index is 3.11. The SMILES string of the molecule is CCNC(=O)c1ccc(Cl)c(Cl)c1O. The van der Waals surface area contributed by atoms with Gasteiger partial charge in [-0.05, 0) is 19.1 Å². The quantitative estimate of drug-likeness (QED) is 0.825. The van der Waals surface area contributed by atoms with E-state index >= 15 is 0 Å². The van der Waals surface area contributed by atoms with Crippen molar-refractivity contribution in [2.24, 2.45) is 0 Å². The predicted octanol–water partition coefficient (Wildman–Crippen LogP) is 2.45. The van der Waals surface area contributed by atoms with Gasteiger partial charge < -0.3 is 10.4 Å². The molecule has 0 bridgehead atoms. The molecule has 0 spiro atoms. The third kappa shape index (κ3) is 2.11. The van der Waals surface area contributed by atoms with E-state index in [-0.39, 0.29) is 27.3 Å². The van der Waals surface area contributed by atoms with Crippen LogP contribution in [-0.4, -0.2) is 17.6 Å². The summed E-state index contributed by atoms with van der Waals surface area (Å²) >= 11 is 11.3. The molecule has 0 heterocycles. The molecule has 0 aliphatic rings. The predicted molar refractivity (Wildman–Crippen MR) is 56.1 cm³/mol. The molecule has 1 amide bonds. The largest absolute Gasteiger partial charge is 0.505 e. The number of hydrogen-bond donors (Lipinski definition) is 2. The van der Waals surface area contributed by atoms with Crippen LogP contribution in [0.25, 0.3) is 0 Å². The fraction of sp³-hybridized carbons (Fsp3) is 0.222. The summed E-state index contributed by atoms with van der Waals surface area (Å²) in [5.74, 6) is -0.659. The number of carbonyl (C=O) groups is 1. The van der Waals surface area contributed by atoms with Crippen molar-refractivity contribution in [1.29, 1.82) is 0 Å². The number of phenols is 1. The van der Waals surface area contributed by atoms with Crippen molar-refractivity contribution in [1.82, 2.24) is 5.32 Å². The summed E-state index contributed by atoms with van der Waals surface area (Å²) in [4.78, 5) is 11.4. The van der Waals surface area contributed by atoms with Crippen LogP contribution in [0.5, 0.6) is 5.75 Å². The van der Waals surface area contributed by atoms with Gasteiger partial charge in [-0.3, -0.25) is 4.79 Å². The molecule has 0 aliphatic carbocycles. The molecule has 0 radical (unpaired) electrons. The molecule has 1 aromatic rings. The summed E-state index contributed by atoms with van der Waals surface area (Å²) < 4.78 is 0. The topological polar surface area (TPSA) is 49.3 Å². The highest BCUT2D eigenvalue weighted by Gasteiger charge is 2.14. The van der Waals surface area contributed by atoms with Crippen molar-refractivity contribution in [3.8, 4) is 5.75 Å². The van der Waals surface area contributed by atoms with Crippen molar-refractivity contribution in [3.05, 3.63) is 27.7 Å². The molecule has 14 heavy (non-hydrogen) atoms. The van der Waals surface area contributed by atoms with Crippen LogP contribution in [-0.2, 0) is 0 Å². The Bertz CT molecular complexity index is 366. The fourth-order valence-electron chi connectivity index (χ4n) is 0.979. The van der Waals surface area contributed by atoms with Gasteiger partial charge in [-0.25, -0.2) is 0 Å². The summed E-state index contributed by atoms with van der Waals surface area (Å²) in [5.41, 5.74) is 0.126. The lowest BCUT2D eigenvalue weighted by atomic mass is 10.2. The number of carbonyl (C=O) groups excluding carboxylic acids is 1. The second-order valence-electron chi connectivity index (χ2n) is 2.62. The third-order valence-corrected chi connectivity index (χ3v) is 2.45. The summed E-state index contributed by atoms with van der Waals surface area (Å²) in [7, 11) is 0. The molecule has 0 atom stereocenters. The van der Waals surface area contributed by atoms with E-state index < -0.39 is 0 Å². The van der Waals surface area contributed by atoms with Crippen LogP contribution < -0.4 is 5.32 Å². The molecule has 0 aliphatic heterocycles. The van der Waals surface area contributed by atoms with Crippen molar-refractivity contribution in [2.75, 3.05) is 6.54 Å². The van der Waals surface area contributed by atoms with Crippen LogP contribution in [0.2, 0.25) is 10.0 Å². The lowest BCUT2D eigenvalue weighted by Gasteiger charge is -2.06. The van der Waals surface area contributed by atoms with Crippen LogP contribution in [0.15, 0.2) is 12.1 Å². The summed E-state index contributed by atoms with van der Waals surface area (Å²) in [6, 6.07) is 2.89. The van der Waals surface area contributed by atoms with Gasteiger partial charge in [0.15, 0.2) is 0 Å². The number of hydrogen-bond acceptors (Lipinski definition) is 2. The molecular formula is C9H9Cl2NO2. The first-order valence-corrected chi connectivity index (χ1v) is 4.78. The van der Waals surface area contributed by atoms with E-state index in [2.05, 4.69) is 5.32 Å². The van der Waals surface area contributed by atoms with E-state index in [1.807, 2.05) is 0 Å². The number of phenolic OH excluding ortho intramolecular Hbond substituents is 1. The molecule has 0 fully saturated rings. The van der Waals surface area contributed by atoms with Crippen molar-refractivity contribution in [3.63, 3.8) is 0 Å². The normalized spacial score (nSPS) is 9.93. The molecule has 0 unspecified atom stereocenters. The number of amides is 1. The molecule has 0 saturated carbocycles. The van der Waals surface area contributed by atoms with Gasteiger partial charge in [0.05, 0.1) is 10.6 Å². The minimum Gasteiger partial charge on any atom is -0.505 e. The lowest BCUT2D eigenvalue weighted by Crippen LogP contribution is -2.22. The zero-order valence-corrected chi connectivity index (χ0v) is 8.99.